The van der Waals surface area contributed by atoms with Crippen LogP contribution in [0.25, 0.3) is 0 Å². The van der Waals surface area contributed by atoms with Crippen molar-refractivity contribution in [1.82, 2.24) is 15.1 Å². The molecule has 4 atom stereocenters. The quantitative estimate of drug-likeness (QED) is 0.860. The molecular formula is C18H35N3. The average Bonchev–Trinajstić information content (AvgIpc) is 3.05. The molecule has 0 spiro atoms. The van der Waals surface area contributed by atoms with Crippen molar-refractivity contribution in [2.75, 3.05) is 33.2 Å². The van der Waals surface area contributed by atoms with Gasteiger partial charge in [-0.2, -0.15) is 0 Å². The Morgan fingerprint density at radius 1 is 0.952 bits per heavy atom. The zero-order valence-corrected chi connectivity index (χ0v) is 14.2. The molecule has 3 nitrogen and oxygen atoms in total. The number of piperidine rings is 1. The molecule has 3 rings (SSSR count). The lowest BCUT2D eigenvalue weighted by Crippen LogP contribution is -2.52. The Morgan fingerprint density at radius 3 is 2.48 bits per heavy atom. The third kappa shape index (κ3) is 3.62. The van der Waals surface area contributed by atoms with Gasteiger partial charge in [0.15, 0.2) is 0 Å². The highest BCUT2D eigenvalue weighted by atomic mass is 15.3. The Morgan fingerprint density at radius 2 is 1.76 bits per heavy atom. The van der Waals surface area contributed by atoms with Crippen LogP contribution in [0, 0.1) is 5.92 Å². The van der Waals surface area contributed by atoms with E-state index in [9.17, 15) is 0 Å². The summed E-state index contributed by atoms with van der Waals surface area (Å²) in [7, 11) is 2.17. The third-order valence-corrected chi connectivity index (χ3v) is 6.44. The molecular weight excluding hydrogens is 258 g/mol. The van der Waals surface area contributed by atoms with Gasteiger partial charge in [-0.05, 0) is 64.6 Å². The van der Waals surface area contributed by atoms with E-state index in [1.165, 1.54) is 77.5 Å². The van der Waals surface area contributed by atoms with Crippen molar-refractivity contribution in [3.05, 3.63) is 0 Å². The number of nitrogens with zero attached hydrogens (tertiary/aromatic N) is 2. The molecule has 0 amide bonds. The van der Waals surface area contributed by atoms with E-state index in [-0.39, 0.29) is 0 Å². The molecule has 2 aliphatic heterocycles. The lowest BCUT2D eigenvalue weighted by molar-refractivity contribution is 0.103. The maximum Gasteiger partial charge on any atom is 0.0252 e. The van der Waals surface area contributed by atoms with E-state index in [0.717, 1.165) is 24.0 Å². The van der Waals surface area contributed by atoms with Crippen LogP contribution in [-0.2, 0) is 0 Å². The normalized spacial score (nSPS) is 39.7. The molecule has 2 heterocycles. The number of likely N-dealkylation sites (tertiary alicyclic amines) is 2. The van der Waals surface area contributed by atoms with Crippen LogP contribution >= 0.6 is 0 Å². The van der Waals surface area contributed by atoms with E-state index >= 15 is 0 Å². The topological polar surface area (TPSA) is 18.5 Å². The highest BCUT2D eigenvalue weighted by molar-refractivity contribution is 4.95. The van der Waals surface area contributed by atoms with Crippen LogP contribution in [0.2, 0.25) is 0 Å². The van der Waals surface area contributed by atoms with Gasteiger partial charge in [-0.3, -0.25) is 9.80 Å². The van der Waals surface area contributed by atoms with Gasteiger partial charge >= 0.3 is 0 Å². The fourth-order valence-electron chi connectivity index (χ4n) is 4.99. The summed E-state index contributed by atoms with van der Waals surface area (Å²) in [5.41, 5.74) is 0. The molecule has 21 heavy (non-hydrogen) atoms. The van der Waals surface area contributed by atoms with Crippen molar-refractivity contribution in [3.8, 4) is 0 Å². The van der Waals surface area contributed by atoms with E-state index in [1.54, 1.807) is 0 Å². The van der Waals surface area contributed by atoms with E-state index in [0.29, 0.717) is 0 Å². The van der Waals surface area contributed by atoms with Crippen LogP contribution < -0.4 is 5.32 Å². The molecule has 122 valence electrons. The predicted molar refractivity (Wildman–Crippen MR) is 89.7 cm³/mol. The molecule has 0 aromatic carbocycles. The van der Waals surface area contributed by atoms with Gasteiger partial charge in [0.25, 0.3) is 0 Å². The first-order chi connectivity index (χ1) is 10.3. The van der Waals surface area contributed by atoms with Crippen molar-refractivity contribution in [3.63, 3.8) is 0 Å². The Hall–Kier alpha value is -0.120. The van der Waals surface area contributed by atoms with E-state index in [2.05, 4.69) is 29.1 Å². The minimum absolute atomic E-state index is 0.730. The molecule has 0 bridgehead atoms. The molecule has 3 heteroatoms. The standard InChI is InChI=1S/C18H35N3/c1-3-15-7-8-17(19-2)18(13-15)21-12-9-16(14-21)20-10-5-4-6-11-20/h15-19H,3-14H2,1-2H3. The molecule has 3 fully saturated rings. The lowest BCUT2D eigenvalue weighted by Gasteiger charge is -2.41. The van der Waals surface area contributed by atoms with Crippen LogP contribution in [0.1, 0.15) is 58.3 Å². The largest absolute Gasteiger partial charge is 0.315 e. The third-order valence-electron chi connectivity index (χ3n) is 6.44. The number of nitrogens with one attached hydrogen (secondary N) is 1. The highest BCUT2D eigenvalue weighted by Crippen LogP contribution is 2.32. The summed E-state index contributed by atoms with van der Waals surface area (Å²) >= 11 is 0. The number of likely N-dealkylation sites (N-methyl/N-ethyl adjacent to an activating group) is 1. The van der Waals surface area contributed by atoms with Crippen molar-refractivity contribution in [1.29, 1.82) is 0 Å². The van der Waals surface area contributed by atoms with Crippen LogP contribution in [0.3, 0.4) is 0 Å². The van der Waals surface area contributed by atoms with Gasteiger partial charge in [0.2, 0.25) is 0 Å². The predicted octanol–water partition coefficient (Wildman–Crippen LogP) is 2.71. The van der Waals surface area contributed by atoms with Crippen LogP contribution in [0.15, 0.2) is 0 Å². The van der Waals surface area contributed by atoms with Crippen molar-refractivity contribution < 1.29 is 0 Å². The number of hydrogen-bond donors (Lipinski definition) is 1. The molecule has 2 saturated heterocycles. The summed E-state index contributed by atoms with van der Waals surface area (Å²) < 4.78 is 0. The van der Waals surface area contributed by atoms with E-state index in [1.807, 2.05) is 0 Å². The van der Waals surface area contributed by atoms with Crippen molar-refractivity contribution in [2.45, 2.75) is 76.4 Å². The second-order valence-corrected chi connectivity index (χ2v) is 7.58. The Labute approximate surface area is 131 Å². The van der Waals surface area contributed by atoms with Crippen molar-refractivity contribution in [2.24, 2.45) is 5.92 Å². The summed E-state index contributed by atoms with van der Waals surface area (Å²) in [6, 6.07) is 2.38. The minimum Gasteiger partial charge on any atom is -0.315 e. The summed E-state index contributed by atoms with van der Waals surface area (Å²) in [5.74, 6) is 0.966. The van der Waals surface area contributed by atoms with Gasteiger partial charge in [0.05, 0.1) is 0 Å². The maximum atomic E-state index is 3.61. The zero-order chi connectivity index (χ0) is 14.7. The monoisotopic (exact) mass is 293 g/mol. The van der Waals surface area contributed by atoms with Crippen molar-refractivity contribution >= 4 is 0 Å². The van der Waals surface area contributed by atoms with E-state index < -0.39 is 0 Å². The Kier molecular flexibility index (Phi) is 5.58. The first kappa shape index (κ1) is 15.8. The first-order valence-electron chi connectivity index (χ1n) is 9.47. The smallest absolute Gasteiger partial charge is 0.0252 e. The molecule has 4 unspecified atom stereocenters. The first-order valence-corrected chi connectivity index (χ1v) is 9.47. The van der Waals surface area contributed by atoms with Gasteiger partial charge in [-0.25, -0.2) is 0 Å². The average molecular weight is 293 g/mol. The molecule has 1 N–H and O–H groups in total. The SMILES string of the molecule is CCC1CCC(NC)C(N2CCC(N3CCCCC3)C2)C1. The fourth-order valence-corrected chi connectivity index (χ4v) is 4.99. The van der Waals surface area contributed by atoms with Crippen LogP contribution in [0.4, 0.5) is 0 Å². The minimum atomic E-state index is 0.730. The van der Waals surface area contributed by atoms with Crippen LogP contribution in [0.5, 0.6) is 0 Å². The zero-order valence-electron chi connectivity index (χ0n) is 14.2. The number of rotatable bonds is 4. The van der Waals surface area contributed by atoms with Crippen LogP contribution in [-0.4, -0.2) is 61.2 Å². The second kappa shape index (κ2) is 7.43. The summed E-state index contributed by atoms with van der Waals surface area (Å²) in [4.78, 5) is 5.63. The Balaban J connectivity index is 1.57. The summed E-state index contributed by atoms with van der Waals surface area (Å²) in [6.07, 6.45) is 11.3. The molecule has 0 aromatic rings. The molecule has 0 aromatic heterocycles. The summed E-state index contributed by atoms with van der Waals surface area (Å²) in [5, 5.41) is 3.61. The fraction of sp³-hybridized carbons (Fsp3) is 1.00. The Bertz CT molecular complexity index is 314. The second-order valence-electron chi connectivity index (χ2n) is 7.58. The van der Waals surface area contributed by atoms with E-state index in [4.69, 9.17) is 0 Å². The van der Waals surface area contributed by atoms with Gasteiger partial charge in [0, 0.05) is 31.2 Å². The summed E-state index contributed by atoms with van der Waals surface area (Å²) in [6.45, 7) is 7.76. The number of hydrogen-bond acceptors (Lipinski definition) is 3. The lowest BCUT2D eigenvalue weighted by atomic mass is 9.80. The van der Waals surface area contributed by atoms with Gasteiger partial charge in [0.1, 0.15) is 0 Å². The molecule has 0 radical (unpaired) electrons. The highest BCUT2D eigenvalue weighted by Gasteiger charge is 2.37. The van der Waals surface area contributed by atoms with Gasteiger partial charge in [-0.15, -0.1) is 0 Å². The molecule has 1 aliphatic carbocycles. The maximum absolute atomic E-state index is 3.61. The molecule has 3 aliphatic rings. The van der Waals surface area contributed by atoms with Gasteiger partial charge < -0.3 is 5.32 Å². The molecule has 1 saturated carbocycles. The van der Waals surface area contributed by atoms with Gasteiger partial charge in [-0.1, -0.05) is 19.8 Å².